The number of imidazole rings is 1. The van der Waals surface area contributed by atoms with E-state index in [4.69, 9.17) is 11.6 Å². The van der Waals surface area contributed by atoms with E-state index < -0.39 is 0 Å². The molecule has 2 rings (SSSR count). The molecule has 1 heterocycles. The summed E-state index contributed by atoms with van der Waals surface area (Å²) in [6.45, 7) is 4.20. The summed E-state index contributed by atoms with van der Waals surface area (Å²) >= 11 is 5.98. The lowest BCUT2D eigenvalue weighted by Crippen LogP contribution is -2.23. The van der Waals surface area contributed by atoms with Crippen molar-refractivity contribution in [1.82, 2.24) is 15.3 Å². The minimum Gasteiger partial charge on any atom is -0.347 e. The summed E-state index contributed by atoms with van der Waals surface area (Å²) in [5.74, 6) is 0.943. The van der Waals surface area contributed by atoms with E-state index in [1.54, 1.807) is 6.20 Å². The van der Waals surface area contributed by atoms with Crippen LogP contribution in [0, 0.1) is 0 Å². The van der Waals surface area contributed by atoms with Gasteiger partial charge in [-0.3, -0.25) is 0 Å². The molecule has 4 heteroatoms. The summed E-state index contributed by atoms with van der Waals surface area (Å²) in [6.07, 6.45) is 3.59. The average Bonchev–Trinajstić information content (AvgIpc) is 2.82. The zero-order chi connectivity index (χ0) is 12.3. The Balaban J connectivity index is 2.04. The van der Waals surface area contributed by atoms with Crippen molar-refractivity contribution in [2.75, 3.05) is 0 Å². The maximum absolute atomic E-state index is 5.98. The highest BCUT2D eigenvalue weighted by Gasteiger charge is 2.12. The maximum atomic E-state index is 5.98. The summed E-state index contributed by atoms with van der Waals surface area (Å²) in [5.41, 5.74) is 1.18. The van der Waals surface area contributed by atoms with E-state index in [-0.39, 0.29) is 12.1 Å². The van der Waals surface area contributed by atoms with Crippen molar-refractivity contribution in [3.05, 3.63) is 53.1 Å². The van der Waals surface area contributed by atoms with Crippen molar-refractivity contribution in [2.24, 2.45) is 0 Å². The van der Waals surface area contributed by atoms with Gasteiger partial charge in [-0.15, -0.1) is 0 Å². The van der Waals surface area contributed by atoms with E-state index in [1.807, 2.05) is 24.4 Å². The van der Waals surface area contributed by atoms with Crippen molar-refractivity contribution < 1.29 is 0 Å². The van der Waals surface area contributed by atoms with Crippen LogP contribution < -0.4 is 5.32 Å². The van der Waals surface area contributed by atoms with Crippen LogP contribution in [0.1, 0.15) is 37.3 Å². The van der Waals surface area contributed by atoms with Crippen LogP contribution in [0.3, 0.4) is 0 Å². The van der Waals surface area contributed by atoms with Gasteiger partial charge in [0.2, 0.25) is 0 Å². The summed E-state index contributed by atoms with van der Waals surface area (Å²) in [7, 11) is 0. The third-order valence-electron chi connectivity index (χ3n) is 2.78. The Morgan fingerprint density at radius 3 is 2.76 bits per heavy atom. The van der Waals surface area contributed by atoms with E-state index in [1.165, 1.54) is 5.56 Å². The van der Waals surface area contributed by atoms with Crippen LogP contribution in [0.2, 0.25) is 5.02 Å². The Labute approximate surface area is 106 Å². The van der Waals surface area contributed by atoms with Gasteiger partial charge in [-0.2, -0.15) is 0 Å². The number of nitrogens with zero attached hydrogens (tertiary/aromatic N) is 1. The molecule has 2 atom stereocenters. The molecule has 1 aromatic carbocycles. The summed E-state index contributed by atoms with van der Waals surface area (Å²) in [5, 5.41) is 4.24. The molecule has 0 aliphatic heterocycles. The number of halogens is 1. The van der Waals surface area contributed by atoms with Crippen LogP contribution in [-0.2, 0) is 0 Å². The predicted octanol–water partition coefficient (Wildman–Crippen LogP) is 3.47. The molecule has 0 bridgehead atoms. The predicted molar refractivity (Wildman–Crippen MR) is 70.0 cm³/mol. The molecule has 0 radical (unpaired) electrons. The van der Waals surface area contributed by atoms with E-state index in [9.17, 15) is 0 Å². The highest BCUT2D eigenvalue weighted by molar-refractivity contribution is 6.30. The van der Waals surface area contributed by atoms with Crippen molar-refractivity contribution in [1.29, 1.82) is 0 Å². The molecule has 0 fully saturated rings. The van der Waals surface area contributed by atoms with Gasteiger partial charge in [-0.25, -0.2) is 4.98 Å². The van der Waals surface area contributed by atoms with Crippen molar-refractivity contribution in [2.45, 2.75) is 25.9 Å². The Hall–Kier alpha value is -1.32. The minimum atomic E-state index is 0.180. The number of benzene rings is 1. The standard InChI is InChI=1S/C13H16ClN3/c1-9(11-4-3-5-12(14)8-11)17-10(2)13-15-6-7-16-13/h3-10,17H,1-2H3,(H,15,16). The van der Waals surface area contributed by atoms with E-state index in [0.29, 0.717) is 0 Å². The molecule has 90 valence electrons. The molecule has 0 spiro atoms. The first-order valence-corrected chi connectivity index (χ1v) is 6.05. The third kappa shape index (κ3) is 3.08. The first-order chi connectivity index (χ1) is 8.16. The van der Waals surface area contributed by atoms with E-state index in [2.05, 4.69) is 35.2 Å². The first-order valence-electron chi connectivity index (χ1n) is 5.67. The van der Waals surface area contributed by atoms with Crippen LogP contribution >= 0.6 is 11.6 Å². The van der Waals surface area contributed by atoms with Gasteiger partial charge < -0.3 is 10.3 Å². The number of hydrogen-bond acceptors (Lipinski definition) is 2. The molecular formula is C13H16ClN3. The van der Waals surface area contributed by atoms with Gasteiger partial charge in [0.05, 0.1) is 6.04 Å². The lowest BCUT2D eigenvalue weighted by atomic mass is 10.1. The second-order valence-electron chi connectivity index (χ2n) is 4.14. The van der Waals surface area contributed by atoms with Crippen molar-refractivity contribution >= 4 is 11.6 Å². The third-order valence-corrected chi connectivity index (χ3v) is 3.01. The molecule has 0 amide bonds. The number of H-pyrrole nitrogens is 1. The largest absolute Gasteiger partial charge is 0.347 e. The van der Waals surface area contributed by atoms with Crippen LogP contribution in [0.25, 0.3) is 0 Å². The Bertz CT molecular complexity index is 467. The lowest BCUT2D eigenvalue weighted by molar-refractivity contribution is 0.479. The molecular weight excluding hydrogens is 234 g/mol. The smallest absolute Gasteiger partial charge is 0.122 e. The first kappa shape index (κ1) is 12.1. The fraction of sp³-hybridized carbons (Fsp3) is 0.308. The number of aromatic nitrogens is 2. The highest BCUT2D eigenvalue weighted by Crippen LogP contribution is 2.20. The van der Waals surface area contributed by atoms with E-state index in [0.717, 1.165) is 10.8 Å². The van der Waals surface area contributed by atoms with Crippen molar-refractivity contribution in [3.63, 3.8) is 0 Å². The Morgan fingerprint density at radius 2 is 2.12 bits per heavy atom. The molecule has 2 aromatic rings. The number of nitrogens with one attached hydrogen (secondary N) is 2. The maximum Gasteiger partial charge on any atom is 0.122 e. The lowest BCUT2D eigenvalue weighted by Gasteiger charge is -2.19. The topological polar surface area (TPSA) is 40.7 Å². The van der Waals surface area contributed by atoms with Gasteiger partial charge in [0.1, 0.15) is 5.82 Å². The molecule has 3 nitrogen and oxygen atoms in total. The van der Waals surface area contributed by atoms with Gasteiger partial charge in [-0.05, 0) is 31.5 Å². The number of aromatic amines is 1. The van der Waals surface area contributed by atoms with Gasteiger partial charge in [0.25, 0.3) is 0 Å². The molecule has 1 aromatic heterocycles. The van der Waals surface area contributed by atoms with Gasteiger partial charge in [-0.1, -0.05) is 23.7 Å². The molecule has 17 heavy (non-hydrogen) atoms. The monoisotopic (exact) mass is 249 g/mol. The molecule has 2 unspecified atom stereocenters. The van der Waals surface area contributed by atoms with Crippen LogP contribution in [0.5, 0.6) is 0 Å². The van der Waals surface area contributed by atoms with Gasteiger partial charge in [0.15, 0.2) is 0 Å². The van der Waals surface area contributed by atoms with Gasteiger partial charge in [0, 0.05) is 23.5 Å². The average molecular weight is 250 g/mol. The van der Waals surface area contributed by atoms with Crippen LogP contribution in [-0.4, -0.2) is 9.97 Å². The SMILES string of the molecule is CC(NC(C)c1ncc[nH]1)c1cccc(Cl)c1. The van der Waals surface area contributed by atoms with Crippen LogP contribution in [0.15, 0.2) is 36.7 Å². The summed E-state index contributed by atoms with van der Waals surface area (Å²) < 4.78 is 0. The minimum absolute atomic E-state index is 0.180. The fourth-order valence-corrected chi connectivity index (χ4v) is 2.04. The van der Waals surface area contributed by atoms with Gasteiger partial charge >= 0.3 is 0 Å². The van der Waals surface area contributed by atoms with Crippen molar-refractivity contribution in [3.8, 4) is 0 Å². The Kier molecular flexibility index (Phi) is 3.82. The zero-order valence-electron chi connectivity index (χ0n) is 9.94. The second kappa shape index (κ2) is 5.34. The molecule has 2 N–H and O–H groups in total. The quantitative estimate of drug-likeness (QED) is 0.871. The molecule has 0 saturated carbocycles. The summed E-state index contributed by atoms with van der Waals surface area (Å²) in [6, 6.07) is 8.31. The molecule has 0 aliphatic rings. The fourth-order valence-electron chi connectivity index (χ4n) is 1.84. The number of rotatable bonds is 4. The molecule has 0 aliphatic carbocycles. The van der Waals surface area contributed by atoms with Crippen LogP contribution in [0.4, 0.5) is 0 Å². The Morgan fingerprint density at radius 1 is 1.29 bits per heavy atom. The summed E-state index contributed by atoms with van der Waals surface area (Å²) in [4.78, 5) is 7.34. The normalized spacial score (nSPS) is 14.5. The zero-order valence-corrected chi connectivity index (χ0v) is 10.7. The van der Waals surface area contributed by atoms with E-state index >= 15 is 0 Å². The highest BCUT2D eigenvalue weighted by atomic mass is 35.5. The molecule has 0 saturated heterocycles. The second-order valence-corrected chi connectivity index (χ2v) is 4.58. The number of hydrogen-bond donors (Lipinski definition) is 2.